The minimum absolute atomic E-state index is 0.00858. The molecule has 1 aromatic carbocycles. The summed E-state index contributed by atoms with van der Waals surface area (Å²) in [6, 6.07) is 6.73. The van der Waals surface area contributed by atoms with Gasteiger partial charge in [0.05, 0.1) is 12.1 Å². The molecular weight excluding hydrogens is 286 g/mol. The van der Waals surface area contributed by atoms with Gasteiger partial charge < -0.3 is 5.73 Å². The first-order valence-electron chi connectivity index (χ1n) is 8.25. The second kappa shape index (κ2) is 6.14. The van der Waals surface area contributed by atoms with Crippen LogP contribution in [0.3, 0.4) is 0 Å². The van der Waals surface area contributed by atoms with Gasteiger partial charge in [0.2, 0.25) is 5.96 Å². The lowest BCUT2D eigenvalue weighted by atomic mass is 10.0. The summed E-state index contributed by atoms with van der Waals surface area (Å²) in [6.45, 7) is 8.56. The lowest BCUT2D eigenvalue weighted by Gasteiger charge is -2.13. The molecule has 0 bridgehead atoms. The molecule has 0 amide bonds. The van der Waals surface area contributed by atoms with Crippen LogP contribution in [0.15, 0.2) is 33.2 Å². The van der Waals surface area contributed by atoms with E-state index in [1.54, 1.807) is 0 Å². The van der Waals surface area contributed by atoms with Crippen molar-refractivity contribution < 1.29 is 0 Å². The summed E-state index contributed by atoms with van der Waals surface area (Å²) in [5.74, 6) is 1.75. The largest absolute Gasteiger partial charge is 0.370 e. The Kier molecular flexibility index (Phi) is 4.20. The predicted molar refractivity (Wildman–Crippen MR) is 96.1 cm³/mol. The van der Waals surface area contributed by atoms with Gasteiger partial charge in [0.15, 0.2) is 5.96 Å². The Balaban J connectivity index is 1.92. The van der Waals surface area contributed by atoms with Crippen LogP contribution in [-0.2, 0) is 6.42 Å². The molecule has 3 N–H and O–H groups in total. The third kappa shape index (κ3) is 3.28. The molecule has 0 radical (unpaired) electrons. The van der Waals surface area contributed by atoms with E-state index < -0.39 is 0 Å². The summed E-state index contributed by atoms with van der Waals surface area (Å²) in [7, 11) is 0. The first kappa shape index (κ1) is 15.7. The van der Waals surface area contributed by atoms with E-state index in [0.717, 1.165) is 6.42 Å². The van der Waals surface area contributed by atoms with Crippen molar-refractivity contribution in [3.05, 3.63) is 34.9 Å². The summed E-state index contributed by atoms with van der Waals surface area (Å²) < 4.78 is 0. The van der Waals surface area contributed by atoms with Crippen molar-refractivity contribution in [2.24, 2.45) is 32.5 Å². The molecule has 0 saturated heterocycles. The average molecular weight is 311 g/mol. The minimum Gasteiger partial charge on any atom is -0.370 e. The van der Waals surface area contributed by atoms with Crippen molar-refractivity contribution in [1.82, 2.24) is 5.32 Å². The molecule has 0 spiro atoms. The lowest BCUT2D eigenvalue weighted by Crippen LogP contribution is -2.36. The highest BCUT2D eigenvalue weighted by Crippen LogP contribution is 2.39. The van der Waals surface area contributed by atoms with Gasteiger partial charge in [-0.05, 0) is 36.3 Å². The summed E-state index contributed by atoms with van der Waals surface area (Å²) in [4.78, 5) is 13.8. The topological polar surface area (TPSA) is 75.1 Å². The summed E-state index contributed by atoms with van der Waals surface area (Å²) in [5.41, 5.74) is 9.92. The van der Waals surface area contributed by atoms with Gasteiger partial charge in [-0.1, -0.05) is 44.5 Å². The fourth-order valence-electron chi connectivity index (χ4n) is 3.18. The SMILES string of the molecule is Cc1ccc2c(c1)C(N=C1N=CC(C(C)C)N=C(N)N1)[C@@H](C)C2. The zero-order valence-electron chi connectivity index (χ0n) is 14.2. The van der Waals surface area contributed by atoms with E-state index in [4.69, 9.17) is 10.7 Å². The standard InChI is InChI=1S/C18H25N5/c1-10(2)15-9-20-18(23-17(19)21-15)22-16-12(4)8-13-6-5-11(3)7-14(13)16/h5-7,9-10,12,15-16H,8H2,1-4H3,(H3,19,21,22,23)/t12-,15?,16?/m0/s1. The molecule has 5 nitrogen and oxygen atoms in total. The number of nitrogens with zero attached hydrogens (tertiary/aromatic N) is 3. The summed E-state index contributed by atoms with van der Waals surface area (Å²) >= 11 is 0. The molecule has 23 heavy (non-hydrogen) atoms. The van der Waals surface area contributed by atoms with Crippen molar-refractivity contribution in [2.45, 2.75) is 46.2 Å². The van der Waals surface area contributed by atoms with Gasteiger partial charge in [0, 0.05) is 6.21 Å². The number of nitrogens with two attached hydrogens (primary N) is 1. The Bertz CT molecular complexity index is 687. The Morgan fingerprint density at radius 1 is 1.35 bits per heavy atom. The number of aryl methyl sites for hydroxylation is 1. The van der Waals surface area contributed by atoms with Crippen molar-refractivity contribution in [1.29, 1.82) is 0 Å². The maximum absolute atomic E-state index is 5.96. The molecule has 1 heterocycles. The molecule has 1 aliphatic carbocycles. The first-order valence-corrected chi connectivity index (χ1v) is 8.25. The highest BCUT2D eigenvalue weighted by Gasteiger charge is 2.29. The average Bonchev–Trinajstić information content (AvgIpc) is 2.67. The van der Waals surface area contributed by atoms with Gasteiger partial charge in [-0.25, -0.2) is 15.0 Å². The van der Waals surface area contributed by atoms with E-state index in [-0.39, 0.29) is 12.1 Å². The zero-order chi connectivity index (χ0) is 16.6. The second-order valence-electron chi connectivity index (χ2n) is 6.93. The Hall–Kier alpha value is -2.17. The molecule has 122 valence electrons. The van der Waals surface area contributed by atoms with Crippen molar-refractivity contribution >= 4 is 18.1 Å². The third-order valence-corrected chi connectivity index (χ3v) is 4.52. The van der Waals surface area contributed by atoms with Crippen LogP contribution in [0.5, 0.6) is 0 Å². The maximum atomic E-state index is 5.96. The first-order chi connectivity index (χ1) is 10.9. The van der Waals surface area contributed by atoms with Gasteiger partial charge in [-0.15, -0.1) is 0 Å². The van der Waals surface area contributed by atoms with Crippen LogP contribution in [-0.4, -0.2) is 24.2 Å². The van der Waals surface area contributed by atoms with Crippen molar-refractivity contribution in [2.75, 3.05) is 0 Å². The van der Waals surface area contributed by atoms with Crippen molar-refractivity contribution in [3.8, 4) is 0 Å². The molecule has 3 rings (SSSR count). The van der Waals surface area contributed by atoms with E-state index in [2.05, 4.69) is 61.2 Å². The Morgan fingerprint density at radius 2 is 2.13 bits per heavy atom. The fourth-order valence-corrected chi connectivity index (χ4v) is 3.18. The fraction of sp³-hybridized carbons (Fsp3) is 0.500. The number of rotatable bonds is 2. The second-order valence-corrected chi connectivity index (χ2v) is 6.93. The van der Waals surface area contributed by atoms with Crippen LogP contribution in [0.1, 0.15) is 43.5 Å². The number of hydrogen-bond donors (Lipinski definition) is 2. The number of aliphatic imine (C=N–C) groups is 3. The van der Waals surface area contributed by atoms with Crippen LogP contribution < -0.4 is 11.1 Å². The van der Waals surface area contributed by atoms with Gasteiger partial charge in [0.25, 0.3) is 0 Å². The molecule has 0 aromatic heterocycles. The van der Waals surface area contributed by atoms with Crippen LogP contribution in [0.25, 0.3) is 0 Å². The van der Waals surface area contributed by atoms with E-state index in [9.17, 15) is 0 Å². The Morgan fingerprint density at radius 3 is 2.87 bits per heavy atom. The van der Waals surface area contributed by atoms with Crippen LogP contribution in [0.4, 0.5) is 0 Å². The third-order valence-electron chi connectivity index (χ3n) is 4.52. The van der Waals surface area contributed by atoms with E-state index in [1.807, 2.05) is 6.21 Å². The summed E-state index contributed by atoms with van der Waals surface area (Å²) in [6.07, 6.45) is 2.89. The monoisotopic (exact) mass is 311 g/mol. The molecule has 0 saturated carbocycles. The smallest absolute Gasteiger partial charge is 0.225 e. The normalized spacial score (nSPS) is 28.5. The maximum Gasteiger partial charge on any atom is 0.225 e. The molecule has 1 aromatic rings. The van der Waals surface area contributed by atoms with E-state index >= 15 is 0 Å². The molecule has 2 aliphatic rings. The van der Waals surface area contributed by atoms with Gasteiger partial charge in [-0.3, -0.25) is 5.32 Å². The van der Waals surface area contributed by atoms with E-state index in [0.29, 0.717) is 23.8 Å². The molecule has 2 unspecified atom stereocenters. The number of hydrogen-bond acceptors (Lipinski definition) is 3. The molecule has 0 fully saturated rings. The van der Waals surface area contributed by atoms with E-state index in [1.165, 1.54) is 16.7 Å². The molecule has 1 aliphatic heterocycles. The Labute approximate surface area is 137 Å². The molecule has 3 atom stereocenters. The van der Waals surface area contributed by atoms with Gasteiger partial charge in [0.1, 0.15) is 0 Å². The predicted octanol–water partition coefficient (Wildman–Crippen LogP) is 2.60. The van der Waals surface area contributed by atoms with Crippen LogP contribution >= 0.6 is 0 Å². The molecular formula is C18H25N5. The minimum atomic E-state index is -0.00858. The number of guanidine groups is 2. The number of fused-ring (bicyclic) bond motifs is 1. The lowest BCUT2D eigenvalue weighted by molar-refractivity contribution is 0.514. The highest BCUT2D eigenvalue weighted by molar-refractivity contribution is 6.03. The molecule has 5 heteroatoms. The number of benzene rings is 1. The number of nitrogens with one attached hydrogen (secondary N) is 1. The highest BCUT2D eigenvalue weighted by atomic mass is 15.2. The quantitative estimate of drug-likeness (QED) is 0.881. The summed E-state index contributed by atoms with van der Waals surface area (Å²) in [5, 5.41) is 3.04. The van der Waals surface area contributed by atoms with Crippen LogP contribution in [0, 0.1) is 18.8 Å². The van der Waals surface area contributed by atoms with Crippen LogP contribution in [0.2, 0.25) is 0 Å². The van der Waals surface area contributed by atoms with Gasteiger partial charge in [-0.2, -0.15) is 0 Å². The van der Waals surface area contributed by atoms with Gasteiger partial charge >= 0.3 is 0 Å². The van der Waals surface area contributed by atoms with Crippen molar-refractivity contribution in [3.63, 3.8) is 0 Å². The zero-order valence-corrected chi connectivity index (χ0v) is 14.2.